The third kappa shape index (κ3) is 3.78. The zero-order valence-electron chi connectivity index (χ0n) is 16.0. The highest BCUT2D eigenvalue weighted by Gasteiger charge is 2.34. The zero-order chi connectivity index (χ0) is 20.3. The van der Waals surface area contributed by atoms with Crippen molar-refractivity contribution in [3.05, 3.63) is 58.9 Å². The lowest BCUT2D eigenvalue weighted by Gasteiger charge is -2.37. The molecule has 0 saturated carbocycles. The lowest BCUT2D eigenvalue weighted by molar-refractivity contribution is -0.141. The number of hydrogen-bond acceptors (Lipinski definition) is 5. The maximum atomic E-state index is 13.6. The van der Waals surface area contributed by atoms with Crippen LogP contribution in [0.15, 0.2) is 36.4 Å². The number of nitrogens with zero attached hydrogens (tertiary/aromatic N) is 1. The minimum atomic E-state index is -0.549. The number of fused-ring (bicyclic) bond motifs is 1. The second-order valence-electron chi connectivity index (χ2n) is 6.46. The number of rotatable bonds is 5. The summed E-state index contributed by atoms with van der Waals surface area (Å²) in [4.78, 5) is 26.7. The van der Waals surface area contributed by atoms with Gasteiger partial charge in [0.05, 0.1) is 33.8 Å². The number of hydrogen-bond donors (Lipinski definition) is 0. The Morgan fingerprint density at radius 3 is 2.46 bits per heavy atom. The predicted molar refractivity (Wildman–Crippen MR) is 100 cm³/mol. The third-order valence-corrected chi connectivity index (χ3v) is 4.92. The largest absolute Gasteiger partial charge is 0.493 e. The first-order chi connectivity index (χ1) is 13.5. The number of carbonyl (C=O) groups excluding carboxylic acids is 2. The Morgan fingerprint density at radius 1 is 1.11 bits per heavy atom. The van der Waals surface area contributed by atoms with Crippen LogP contribution in [0.3, 0.4) is 0 Å². The first kappa shape index (κ1) is 19.7. The summed E-state index contributed by atoms with van der Waals surface area (Å²) >= 11 is 0. The Morgan fingerprint density at radius 2 is 1.82 bits per heavy atom. The first-order valence-corrected chi connectivity index (χ1v) is 8.86. The molecule has 148 valence electrons. The van der Waals surface area contributed by atoms with Gasteiger partial charge in [-0.15, -0.1) is 0 Å². The normalized spacial score (nSPS) is 15.6. The van der Waals surface area contributed by atoms with E-state index in [0.717, 1.165) is 11.1 Å². The summed E-state index contributed by atoms with van der Waals surface area (Å²) in [5, 5.41) is 0. The Kier molecular flexibility index (Phi) is 5.82. The van der Waals surface area contributed by atoms with Gasteiger partial charge in [-0.25, -0.2) is 4.39 Å². The average molecular weight is 387 g/mol. The van der Waals surface area contributed by atoms with Crippen LogP contribution in [0.5, 0.6) is 11.5 Å². The van der Waals surface area contributed by atoms with E-state index >= 15 is 0 Å². The van der Waals surface area contributed by atoms with E-state index in [4.69, 9.17) is 14.2 Å². The lowest BCUT2D eigenvalue weighted by Crippen LogP contribution is -2.41. The van der Waals surface area contributed by atoms with Crippen molar-refractivity contribution in [3.8, 4) is 11.5 Å². The molecular weight excluding hydrogens is 365 g/mol. The summed E-state index contributed by atoms with van der Waals surface area (Å²) in [5.41, 5.74) is 1.99. The molecule has 1 atom stereocenters. The van der Waals surface area contributed by atoms with Crippen molar-refractivity contribution in [3.63, 3.8) is 0 Å². The molecule has 1 aliphatic rings. The average Bonchev–Trinajstić information content (AvgIpc) is 2.72. The molecule has 0 fully saturated rings. The van der Waals surface area contributed by atoms with Gasteiger partial charge in [0.2, 0.25) is 0 Å². The van der Waals surface area contributed by atoms with Gasteiger partial charge in [-0.2, -0.15) is 0 Å². The molecule has 0 aliphatic carbocycles. The number of ether oxygens (including phenoxy) is 3. The van der Waals surface area contributed by atoms with Crippen LogP contribution in [0.1, 0.15) is 33.9 Å². The topological polar surface area (TPSA) is 65.1 Å². The van der Waals surface area contributed by atoms with Crippen LogP contribution in [-0.2, 0) is 16.0 Å². The van der Waals surface area contributed by atoms with Gasteiger partial charge in [-0.3, -0.25) is 9.59 Å². The molecule has 0 bridgehead atoms. The van der Waals surface area contributed by atoms with Crippen LogP contribution < -0.4 is 9.47 Å². The van der Waals surface area contributed by atoms with Crippen LogP contribution in [0.25, 0.3) is 0 Å². The van der Waals surface area contributed by atoms with E-state index < -0.39 is 17.8 Å². The molecule has 0 radical (unpaired) electrons. The number of methoxy groups -OCH3 is 3. The summed E-state index contributed by atoms with van der Waals surface area (Å²) in [5.74, 6) is -0.170. The molecule has 0 N–H and O–H groups in total. The summed E-state index contributed by atoms with van der Waals surface area (Å²) in [6, 6.07) is 8.63. The summed E-state index contributed by atoms with van der Waals surface area (Å²) < 4.78 is 29.2. The van der Waals surface area contributed by atoms with E-state index in [9.17, 15) is 14.0 Å². The van der Waals surface area contributed by atoms with Crippen molar-refractivity contribution in [2.45, 2.75) is 18.9 Å². The monoisotopic (exact) mass is 387 g/mol. The quantitative estimate of drug-likeness (QED) is 0.738. The van der Waals surface area contributed by atoms with Crippen LogP contribution in [-0.4, -0.2) is 44.7 Å². The maximum Gasteiger partial charge on any atom is 0.307 e. The van der Waals surface area contributed by atoms with Crippen LogP contribution >= 0.6 is 0 Å². The van der Waals surface area contributed by atoms with Gasteiger partial charge in [0, 0.05) is 12.1 Å². The van der Waals surface area contributed by atoms with Crippen molar-refractivity contribution >= 4 is 11.9 Å². The van der Waals surface area contributed by atoms with Crippen molar-refractivity contribution in [2.75, 3.05) is 27.9 Å². The molecule has 6 nitrogen and oxygen atoms in total. The fraction of sp³-hybridized carbons (Fsp3) is 0.333. The minimum absolute atomic E-state index is 0.0139. The van der Waals surface area contributed by atoms with E-state index in [1.807, 2.05) is 6.07 Å². The number of benzene rings is 2. The minimum Gasteiger partial charge on any atom is -0.493 e. The molecule has 1 heterocycles. The molecule has 0 aromatic heterocycles. The molecule has 0 spiro atoms. The molecule has 28 heavy (non-hydrogen) atoms. The summed E-state index contributed by atoms with van der Waals surface area (Å²) in [7, 11) is 4.39. The first-order valence-electron chi connectivity index (χ1n) is 8.86. The van der Waals surface area contributed by atoms with Crippen molar-refractivity contribution < 1.29 is 28.2 Å². The van der Waals surface area contributed by atoms with E-state index in [0.29, 0.717) is 24.5 Å². The number of carbonyl (C=O) groups is 2. The molecule has 1 amide bonds. The second kappa shape index (κ2) is 8.29. The molecule has 0 saturated heterocycles. The highest BCUT2D eigenvalue weighted by Crippen LogP contribution is 2.40. The van der Waals surface area contributed by atoms with Gasteiger partial charge >= 0.3 is 5.97 Å². The van der Waals surface area contributed by atoms with Crippen LogP contribution in [0.4, 0.5) is 4.39 Å². The Balaban J connectivity index is 2.04. The Bertz CT molecular complexity index is 898. The van der Waals surface area contributed by atoms with Crippen LogP contribution in [0, 0.1) is 5.82 Å². The highest BCUT2D eigenvalue weighted by molar-refractivity contribution is 5.95. The highest BCUT2D eigenvalue weighted by atomic mass is 19.1. The molecule has 3 rings (SSSR count). The smallest absolute Gasteiger partial charge is 0.307 e. The molecule has 2 aromatic rings. The Hall–Kier alpha value is -3.09. The zero-order valence-corrected chi connectivity index (χ0v) is 16.0. The summed E-state index contributed by atoms with van der Waals surface area (Å²) in [6.07, 6.45) is 0.564. The van der Waals surface area contributed by atoms with Gasteiger partial charge in [0.25, 0.3) is 5.91 Å². The SMILES string of the molecule is COC(=O)C[C@H]1c2cc(OC)c(OC)cc2CCN1C(=O)c1cccc(F)c1. The standard InChI is InChI=1S/C21H22FNO5/c1-26-18-10-13-7-8-23(21(25)14-5-4-6-15(22)9-14)17(12-20(24)28-3)16(13)11-19(18)27-2/h4-6,9-11,17H,7-8,12H2,1-3H3/t17-/m0/s1. The summed E-state index contributed by atoms with van der Waals surface area (Å²) in [6.45, 7) is 0.388. The van der Waals surface area contributed by atoms with Gasteiger partial charge in [-0.05, 0) is 47.9 Å². The fourth-order valence-corrected chi connectivity index (χ4v) is 3.52. The Labute approximate surface area is 162 Å². The van der Waals surface area contributed by atoms with Crippen molar-refractivity contribution in [1.82, 2.24) is 4.90 Å². The molecule has 0 unspecified atom stereocenters. The van der Waals surface area contributed by atoms with E-state index in [2.05, 4.69) is 0 Å². The van der Waals surface area contributed by atoms with Gasteiger partial charge in [0.1, 0.15) is 5.82 Å². The number of amides is 1. The van der Waals surface area contributed by atoms with Gasteiger partial charge in [0.15, 0.2) is 11.5 Å². The van der Waals surface area contributed by atoms with Gasteiger partial charge < -0.3 is 19.1 Å². The maximum absolute atomic E-state index is 13.6. The van der Waals surface area contributed by atoms with E-state index in [1.54, 1.807) is 24.1 Å². The lowest BCUT2D eigenvalue weighted by atomic mass is 9.89. The predicted octanol–water partition coefficient (Wildman–Crippen LogP) is 3.15. The molecular formula is C21H22FNO5. The van der Waals surface area contributed by atoms with Crippen molar-refractivity contribution in [2.24, 2.45) is 0 Å². The van der Waals surface area contributed by atoms with Crippen LogP contribution in [0.2, 0.25) is 0 Å². The second-order valence-corrected chi connectivity index (χ2v) is 6.46. The van der Waals surface area contributed by atoms with Gasteiger partial charge in [-0.1, -0.05) is 6.07 Å². The fourth-order valence-electron chi connectivity index (χ4n) is 3.52. The molecule has 7 heteroatoms. The van der Waals surface area contributed by atoms with E-state index in [-0.39, 0.29) is 17.9 Å². The number of esters is 1. The molecule has 2 aromatic carbocycles. The number of halogens is 1. The van der Waals surface area contributed by atoms with Crippen molar-refractivity contribution in [1.29, 1.82) is 0 Å². The van der Waals surface area contributed by atoms with E-state index in [1.165, 1.54) is 32.4 Å². The molecule has 1 aliphatic heterocycles. The third-order valence-electron chi connectivity index (χ3n) is 4.92.